The topological polar surface area (TPSA) is 38.4 Å². The Bertz CT molecular complexity index is 178. The maximum absolute atomic E-state index is 5.60. The summed E-state index contributed by atoms with van der Waals surface area (Å²) in [6, 6.07) is 0. The zero-order valence-corrected chi connectivity index (χ0v) is 8.59. The van der Waals surface area contributed by atoms with Crippen molar-refractivity contribution in [1.82, 2.24) is 0 Å². The number of aliphatic imine (C=N–C) groups is 1. The summed E-state index contributed by atoms with van der Waals surface area (Å²) < 4.78 is 0. The van der Waals surface area contributed by atoms with Crippen molar-refractivity contribution in [2.45, 2.75) is 33.6 Å². The Morgan fingerprint density at radius 3 is 2.42 bits per heavy atom. The van der Waals surface area contributed by atoms with Crippen LogP contribution < -0.4 is 5.73 Å². The van der Waals surface area contributed by atoms with Crippen LogP contribution in [-0.2, 0) is 0 Å². The molecule has 0 heterocycles. The normalized spacial score (nSPS) is 14.1. The molecule has 0 atom stereocenters. The molecule has 2 heteroatoms. The van der Waals surface area contributed by atoms with Crippen molar-refractivity contribution in [3.63, 3.8) is 0 Å². The molecule has 0 aliphatic rings. The predicted octanol–water partition coefficient (Wildman–Crippen LogP) is 2.36. The van der Waals surface area contributed by atoms with Gasteiger partial charge in [-0.3, -0.25) is 4.99 Å². The van der Waals surface area contributed by atoms with Gasteiger partial charge in [0.25, 0.3) is 0 Å². The summed E-state index contributed by atoms with van der Waals surface area (Å²) in [6.07, 6.45) is 4.17. The van der Waals surface area contributed by atoms with Crippen LogP contribution in [0.15, 0.2) is 16.6 Å². The van der Waals surface area contributed by atoms with Gasteiger partial charge in [0, 0.05) is 7.05 Å². The molecule has 0 saturated heterocycles. The molecule has 0 aromatic rings. The van der Waals surface area contributed by atoms with Crippen LogP contribution >= 0.6 is 0 Å². The van der Waals surface area contributed by atoms with E-state index in [0.29, 0.717) is 11.8 Å². The lowest BCUT2D eigenvalue weighted by Crippen LogP contribution is -2.08. The predicted molar refractivity (Wildman–Crippen MR) is 55.4 cm³/mol. The average Bonchev–Trinajstić information content (AvgIpc) is 2.02. The summed E-state index contributed by atoms with van der Waals surface area (Å²) in [7, 11) is 1.72. The minimum atomic E-state index is 0.632. The molecule has 0 radical (unpaired) electrons. The molecule has 0 spiro atoms. The van der Waals surface area contributed by atoms with E-state index in [4.69, 9.17) is 5.73 Å². The highest BCUT2D eigenvalue weighted by Crippen LogP contribution is 2.13. The van der Waals surface area contributed by atoms with Gasteiger partial charge in [0.15, 0.2) is 0 Å². The van der Waals surface area contributed by atoms with Gasteiger partial charge in [-0.1, -0.05) is 26.3 Å². The lowest BCUT2D eigenvalue weighted by Gasteiger charge is -2.07. The number of allylic oxidation sites excluding steroid dienone is 1. The molecule has 0 amide bonds. The second kappa shape index (κ2) is 5.81. The summed E-state index contributed by atoms with van der Waals surface area (Å²) >= 11 is 0. The summed E-state index contributed by atoms with van der Waals surface area (Å²) in [6.45, 7) is 6.57. The Kier molecular flexibility index (Phi) is 5.43. The lowest BCUT2D eigenvalue weighted by molar-refractivity contribution is 0.631. The van der Waals surface area contributed by atoms with Crippen LogP contribution in [0.3, 0.4) is 0 Å². The van der Waals surface area contributed by atoms with Crippen molar-refractivity contribution in [3.8, 4) is 0 Å². The monoisotopic (exact) mass is 168 g/mol. The highest BCUT2D eigenvalue weighted by atomic mass is 14.8. The van der Waals surface area contributed by atoms with Gasteiger partial charge in [0.05, 0.1) is 0 Å². The third kappa shape index (κ3) is 4.94. The summed E-state index contributed by atoms with van der Waals surface area (Å²) in [5.41, 5.74) is 6.98. The lowest BCUT2D eigenvalue weighted by atomic mass is 10.0. The Hall–Kier alpha value is -0.790. The fraction of sp³-hybridized carbons (Fsp3) is 0.700. The highest BCUT2D eigenvalue weighted by molar-refractivity contribution is 5.91. The quantitative estimate of drug-likeness (QED) is 0.508. The SMILES string of the molecule is CC/C(=C\C(N)=NC)CC(C)C. The van der Waals surface area contributed by atoms with Gasteiger partial charge < -0.3 is 5.73 Å². The van der Waals surface area contributed by atoms with Crippen LogP contribution in [0.2, 0.25) is 0 Å². The van der Waals surface area contributed by atoms with Gasteiger partial charge in [0.2, 0.25) is 0 Å². The molecule has 0 saturated carbocycles. The second-order valence-corrected chi connectivity index (χ2v) is 3.40. The van der Waals surface area contributed by atoms with Crippen molar-refractivity contribution in [1.29, 1.82) is 0 Å². The van der Waals surface area contributed by atoms with Gasteiger partial charge in [0.1, 0.15) is 5.84 Å². The fourth-order valence-electron chi connectivity index (χ4n) is 1.10. The molecular formula is C10H20N2. The van der Waals surface area contributed by atoms with Crippen LogP contribution in [0, 0.1) is 5.92 Å². The molecule has 0 rings (SSSR count). The van der Waals surface area contributed by atoms with E-state index < -0.39 is 0 Å². The van der Waals surface area contributed by atoms with Crippen molar-refractivity contribution < 1.29 is 0 Å². The van der Waals surface area contributed by atoms with Crippen molar-refractivity contribution in [3.05, 3.63) is 11.6 Å². The number of amidine groups is 1. The first-order chi connectivity index (χ1) is 5.60. The molecule has 0 unspecified atom stereocenters. The maximum Gasteiger partial charge on any atom is 0.117 e. The molecule has 2 N–H and O–H groups in total. The largest absolute Gasteiger partial charge is 0.384 e. The zero-order valence-electron chi connectivity index (χ0n) is 8.59. The minimum absolute atomic E-state index is 0.632. The Balaban J connectivity index is 4.23. The van der Waals surface area contributed by atoms with Crippen molar-refractivity contribution >= 4 is 5.84 Å². The number of nitrogens with two attached hydrogens (primary N) is 1. The summed E-state index contributed by atoms with van der Waals surface area (Å²) in [5.74, 6) is 1.33. The van der Waals surface area contributed by atoms with Gasteiger partial charge in [-0.15, -0.1) is 0 Å². The standard InChI is InChI=1S/C10H20N2/c1-5-9(6-8(2)3)7-10(11)12-4/h7-8H,5-6H2,1-4H3,(H2,11,12)/b9-7+. The summed E-state index contributed by atoms with van der Waals surface area (Å²) in [5, 5.41) is 0. The number of hydrogen-bond donors (Lipinski definition) is 1. The van der Waals surface area contributed by atoms with E-state index in [-0.39, 0.29) is 0 Å². The van der Waals surface area contributed by atoms with Crippen LogP contribution in [0.25, 0.3) is 0 Å². The van der Waals surface area contributed by atoms with Gasteiger partial charge in [-0.05, 0) is 24.8 Å². The molecule has 70 valence electrons. The maximum atomic E-state index is 5.60. The van der Waals surface area contributed by atoms with E-state index in [0.717, 1.165) is 12.8 Å². The molecule has 0 aromatic carbocycles. The third-order valence-corrected chi connectivity index (χ3v) is 1.73. The van der Waals surface area contributed by atoms with E-state index in [1.807, 2.05) is 6.08 Å². The smallest absolute Gasteiger partial charge is 0.117 e. The van der Waals surface area contributed by atoms with E-state index in [1.54, 1.807) is 7.05 Å². The number of nitrogens with zero attached hydrogens (tertiary/aromatic N) is 1. The fourth-order valence-corrected chi connectivity index (χ4v) is 1.10. The first-order valence-electron chi connectivity index (χ1n) is 4.51. The average molecular weight is 168 g/mol. The molecule has 12 heavy (non-hydrogen) atoms. The molecule has 0 aliphatic heterocycles. The molecule has 2 nitrogen and oxygen atoms in total. The highest BCUT2D eigenvalue weighted by Gasteiger charge is 1.99. The van der Waals surface area contributed by atoms with Crippen LogP contribution in [0.1, 0.15) is 33.6 Å². The minimum Gasteiger partial charge on any atom is -0.384 e. The van der Waals surface area contributed by atoms with Gasteiger partial charge >= 0.3 is 0 Å². The van der Waals surface area contributed by atoms with Crippen LogP contribution in [-0.4, -0.2) is 12.9 Å². The second-order valence-electron chi connectivity index (χ2n) is 3.40. The van der Waals surface area contributed by atoms with E-state index in [2.05, 4.69) is 25.8 Å². The van der Waals surface area contributed by atoms with Crippen molar-refractivity contribution in [2.24, 2.45) is 16.6 Å². The van der Waals surface area contributed by atoms with E-state index in [1.165, 1.54) is 5.57 Å². The Morgan fingerprint density at radius 2 is 2.08 bits per heavy atom. The molecule has 0 aromatic heterocycles. The molecule has 0 aliphatic carbocycles. The van der Waals surface area contributed by atoms with E-state index >= 15 is 0 Å². The molecule has 0 bridgehead atoms. The summed E-state index contributed by atoms with van der Waals surface area (Å²) in [4.78, 5) is 3.90. The van der Waals surface area contributed by atoms with Crippen LogP contribution in [0.5, 0.6) is 0 Å². The Labute approximate surface area is 75.6 Å². The van der Waals surface area contributed by atoms with Gasteiger partial charge in [-0.25, -0.2) is 0 Å². The third-order valence-electron chi connectivity index (χ3n) is 1.73. The Morgan fingerprint density at radius 1 is 1.50 bits per heavy atom. The molecule has 0 fully saturated rings. The zero-order chi connectivity index (χ0) is 9.56. The van der Waals surface area contributed by atoms with Crippen molar-refractivity contribution in [2.75, 3.05) is 7.05 Å². The number of hydrogen-bond acceptors (Lipinski definition) is 1. The van der Waals surface area contributed by atoms with E-state index in [9.17, 15) is 0 Å². The first-order valence-corrected chi connectivity index (χ1v) is 4.51. The van der Waals surface area contributed by atoms with Crippen LogP contribution in [0.4, 0.5) is 0 Å². The number of rotatable bonds is 4. The first kappa shape index (κ1) is 11.2. The molecular weight excluding hydrogens is 148 g/mol. The van der Waals surface area contributed by atoms with Gasteiger partial charge in [-0.2, -0.15) is 0 Å².